The first-order chi connectivity index (χ1) is 6.98. The maximum atomic E-state index is 12.6. The number of benzene rings is 1. The maximum Gasteiger partial charge on any atom is 0.336 e. The lowest BCUT2D eigenvalue weighted by Crippen LogP contribution is -2.39. The molecule has 0 spiro atoms. The molecule has 82 valence electrons. The van der Waals surface area contributed by atoms with Gasteiger partial charge in [-0.1, -0.05) is 12.1 Å². The molecule has 1 atom stereocenters. The Hall–Kier alpha value is -1.42. The van der Waals surface area contributed by atoms with Crippen LogP contribution in [0.3, 0.4) is 0 Å². The third-order valence-corrected chi connectivity index (χ3v) is 2.36. The predicted molar refractivity (Wildman–Crippen MR) is 53.2 cm³/mol. The molecule has 1 aromatic carbocycles. The minimum atomic E-state index is -1.27. The van der Waals surface area contributed by atoms with E-state index in [4.69, 9.17) is 9.84 Å². The van der Waals surface area contributed by atoms with Crippen LogP contribution in [-0.4, -0.2) is 23.8 Å². The summed E-state index contributed by atoms with van der Waals surface area (Å²) in [5.74, 6) is -1.37. The molecule has 0 amide bonds. The van der Waals surface area contributed by atoms with Crippen molar-refractivity contribution in [3.63, 3.8) is 0 Å². The summed E-state index contributed by atoms with van der Waals surface area (Å²) < 4.78 is 17.6. The lowest BCUT2D eigenvalue weighted by Gasteiger charge is -2.22. The minimum Gasteiger partial charge on any atom is -0.479 e. The molecule has 0 aliphatic carbocycles. The number of ether oxygens (including phenoxy) is 1. The van der Waals surface area contributed by atoms with Gasteiger partial charge in [0.05, 0.1) is 0 Å². The predicted octanol–water partition coefficient (Wildman–Crippen LogP) is 1.86. The highest BCUT2D eigenvalue weighted by Gasteiger charge is 2.32. The number of carboxylic acids is 1. The second-order valence-corrected chi connectivity index (χ2v) is 3.54. The van der Waals surface area contributed by atoms with Crippen LogP contribution >= 0.6 is 0 Å². The summed E-state index contributed by atoms with van der Waals surface area (Å²) in [5.41, 5.74) is -0.541. The normalized spacial score (nSPS) is 14.6. The van der Waals surface area contributed by atoms with Gasteiger partial charge >= 0.3 is 5.97 Å². The molecular formula is C11H13FO3. The van der Waals surface area contributed by atoms with E-state index in [1.807, 2.05) is 0 Å². The Morgan fingerprint density at radius 2 is 2.00 bits per heavy atom. The third-order valence-electron chi connectivity index (χ3n) is 2.36. The van der Waals surface area contributed by atoms with Gasteiger partial charge < -0.3 is 9.84 Å². The largest absolute Gasteiger partial charge is 0.479 e. The zero-order valence-electron chi connectivity index (χ0n) is 8.66. The molecule has 1 aromatic rings. The number of hydrogen-bond donors (Lipinski definition) is 1. The first-order valence-corrected chi connectivity index (χ1v) is 4.51. The molecule has 4 heteroatoms. The molecule has 15 heavy (non-hydrogen) atoms. The molecule has 0 aliphatic rings. The van der Waals surface area contributed by atoms with E-state index in [-0.39, 0.29) is 12.2 Å². The van der Waals surface area contributed by atoms with Gasteiger partial charge in [0.1, 0.15) is 5.82 Å². The fourth-order valence-electron chi connectivity index (χ4n) is 1.23. The van der Waals surface area contributed by atoms with Gasteiger partial charge in [0.2, 0.25) is 0 Å². The fraction of sp³-hybridized carbons (Fsp3) is 0.364. The summed E-state index contributed by atoms with van der Waals surface area (Å²) >= 11 is 0. The van der Waals surface area contributed by atoms with Gasteiger partial charge in [-0.25, -0.2) is 9.18 Å². The van der Waals surface area contributed by atoms with Crippen molar-refractivity contribution in [3.8, 4) is 0 Å². The Balaban J connectivity index is 2.84. The first-order valence-electron chi connectivity index (χ1n) is 4.51. The lowest BCUT2D eigenvalue weighted by atomic mass is 9.96. The van der Waals surface area contributed by atoms with E-state index < -0.39 is 11.6 Å². The van der Waals surface area contributed by atoms with Crippen LogP contribution in [0.4, 0.5) is 4.39 Å². The molecule has 3 nitrogen and oxygen atoms in total. The minimum absolute atomic E-state index is 0.207. The first kappa shape index (κ1) is 11.7. The third kappa shape index (κ3) is 2.76. The van der Waals surface area contributed by atoms with Crippen molar-refractivity contribution in [2.24, 2.45) is 0 Å². The molecule has 0 radical (unpaired) electrons. The average Bonchev–Trinajstić information content (AvgIpc) is 2.21. The molecule has 0 fully saturated rings. The standard InChI is InChI=1S/C11H13FO3/c1-11(15-2,10(13)14)7-8-3-5-9(12)6-4-8/h3-6H,7H2,1-2H3,(H,13,14). The van der Waals surface area contributed by atoms with E-state index in [1.165, 1.54) is 26.2 Å². The van der Waals surface area contributed by atoms with Crippen LogP contribution in [0.2, 0.25) is 0 Å². The number of methoxy groups -OCH3 is 1. The number of hydrogen-bond acceptors (Lipinski definition) is 2. The SMILES string of the molecule is COC(C)(Cc1ccc(F)cc1)C(=O)O. The topological polar surface area (TPSA) is 46.5 Å². The van der Waals surface area contributed by atoms with Crippen LogP contribution < -0.4 is 0 Å². The van der Waals surface area contributed by atoms with E-state index in [1.54, 1.807) is 12.1 Å². The van der Waals surface area contributed by atoms with Crippen molar-refractivity contribution in [2.75, 3.05) is 7.11 Å². The van der Waals surface area contributed by atoms with Gasteiger partial charge in [-0.3, -0.25) is 0 Å². The average molecular weight is 212 g/mol. The molecule has 0 bridgehead atoms. The number of aliphatic carboxylic acids is 1. The lowest BCUT2D eigenvalue weighted by molar-refractivity contribution is -0.159. The summed E-state index contributed by atoms with van der Waals surface area (Å²) in [5, 5.41) is 8.95. The number of carboxylic acid groups (broad SMARTS) is 1. The van der Waals surface area contributed by atoms with Crippen LogP contribution in [-0.2, 0) is 16.0 Å². The van der Waals surface area contributed by atoms with E-state index >= 15 is 0 Å². The van der Waals surface area contributed by atoms with E-state index in [0.29, 0.717) is 0 Å². The van der Waals surface area contributed by atoms with Crippen LogP contribution in [0.1, 0.15) is 12.5 Å². The van der Waals surface area contributed by atoms with Gasteiger partial charge in [0, 0.05) is 13.5 Å². The second-order valence-electron chi connectivity index (χ2n) is 3.54. The zero-order chi connectivity index (χ0) is 11.5. The summed E-state index contributed by atoms with van der Waals surface area (Å²) in [6, 6.07) is 5.70. The number of halogens is 1. The van der Waals surface area contributed by atoms with E-state index in [2.05, 4.69) is 0 Å². The molecule has 0 heterocycles. The number of rotatable bonds is 4. The highest BCUT2D eigenvalue weighted by molar-refractivity contribution is 5.77. The van der Waals surface area contributed by atoms with Crippen molar-refractivity contribution in [3.05, 3.63) is 35.6 Å². The Morgan fingerprint density at radius 1 is 1.47 bits per heavy atom. The molecule has 0 aliphatic heterocycles. The van der Waals surface area contributed by atoms with Crippen molar-refractivity contribution < 1.29 is 19.0 Å². The van der Waals surface area contributed by atoms with Crippen molar-refractivity contribution in [1.29, 1.82) is 0 Å². The van der Waals surface area contributed by atoms with Crippen LogP contribution in [0.5, 0.6) is 0 Å². The molecule has 0 saturated heterocycles. The summed E-state index contributed by atoms with van der Waals surface area (Å²) in [7, 11) is 1.34. The summed E-state index contributed by atoms with van der Waals surface area (Å²) in [4.78, 5) is 10.9. The summed E-state index contributed by atoms with van der Waals surface area (Å²) in [6.07, 6.45) is 0.207. The molecule has 1 N–H and O–H groups in total. The zero-order valence-corrected chi connectivity index (χ0v) is 8.66. The van der Waals surface area contributed by atoms with Crippen LogP contribution in [0.25, 0.3) is 0 Å². The number of carbonyl (C=O) groups is 1. The van der Waals surface area contributed by atoms with Crippen molar-refractivity contribution in [1.82, 2.24) is 0 Å². The maximum absolute atomic E-state index is 12.6. The fourth-order valence-corrected chi connectivity index (χ4v) is 1.23. The van der Waals surface area contributed by atoms with Crippen LogP contribution in [0, 0.1) is 5.82 Å². The Labute approximate surface area is 87.5 Å². The Kier molecular flexibility index (Phi) is 3.42. The molecule has 0 aromatic heterocycles. The second kappa shape index (κ2) is 4.40. The quantitative estimate of drug-likeness (QED) is 0.828. The van der Waals surface area contributed by atoms with Crippen molar-refractivity contribution in [2.45, 2.75) is 18.9 Å². The van der Waals surface area contributed by atoms with E-state index in [9.17, 15) is 9.18 Å². The van der Waals surface area contributed by atoms with Crippen LogP contribution in [0.15, 0.2) is 24.3 Å². The monoisotopic (exact) mass is 212 g/mol. The van der Waals surface area contributed by atoms with Gasteiger partial charge in [0.15, 0.2) is 5.60 Å². The van der Waals surface area contributed by atoms with Gasteiger partial charge in [-0.05, 0) is 24.6 Å². The van der Waals surface area contributed by atoms with Gasteiger partial charge in [-0.2, -0.15) is 0 Å². The molecule has 1 rings (SSSR count). The Morgan fingerprint density at radius 3 is 2.40 bits per heavy atom. The Bertz CT molecular complexity index is 347. The molecule has 1 unspecified atom stereocenters. The van der Waals surface area contributed by atoms with Gasteiger partial charge in [0.25, 0.3) is 0 Å². The van der Waals surface area contributed by atoms with Gasteiger partial charge in [-0.15, -0.1) is 0 Å². The molecular weight excluding hydrogens is 199 g/mol. The van der Waals surface area contributed by atoms with Crippen molar-refractivity contribution >= 4 is 5.97 Å². The molecule has 0 saturated carbocycles. The smallest absolute Gasteiger partial charge is 0.336 e. The summed E-state index contributed by atoms with van der Waals surface area (Å²) in [6.45, 7) is 1.48. The van der Waals surface area contributed by atoms with E-state index in [0.717, 1.165) is 5.56 Å². The highest BCUT2D eigenvalue weighted by atomic mass is 19.1. The highest BCUT2D eigenvalue weighted by Crippen LogP contribution is 2.17.